The van der Waals surface area contributed by atoms with Crippen LogP contribution >= 0.6 is 0 Å². The third kappa shape index (κ3) is 4.12. The average molecular weight is 506 g/mol. The topological polar surface area (TPSA) is 108 Å². The molecule has 3 aliphatic heterocycles. The van der Waals surface area contributed by atoms with Crippen molar-refractivity contribution in [1.29, 1.82) is 0 Å². The van der Waals surface area contributed by atoms with Crippen molar-refractivity contribution in [3.05, 3.63) is 65.2 Å². The summed E-state index contributed by atoms with van der Waals surface area (Å²) in [6, 6.07) is 14.5. The van der Waals surface area contributed by atoms with Gasteiger partial charge in [-0.15, -0.1) is 0 Å². The molecule has 3 heterocycles. The number of fused-ring (bicyclic) bond motifs is 1. The lowest BCUT2D eigenvalue weighted by Crippen LogP contribution is -2.53. The lowest BCUT2D eigenvalue weighted by Gasteiger charge is -2.33. The Morgan fingerprint density at radius 1 is 1.05 bits per heavy atom. The highest BCUT2D eigenvalue weighted by atomic mass is 16.5. The van der Waals surface area contributed by atoms with Crippen molar-refractivity contribution in [2.75, 3.05) is 18.5 Å². The van der Waals surface area contributed by atoms with Gasteiger partial charge in [0.2, 0.25) is 17.7 Å². The smallest absolute Gasteiger partial charge is 0.250 e. The van der Waals surface area contributed by atoms with Gasteiger partial charge in [0.05, 0.1) is 17.4 Å². The molecule has 3 saturated heterocycles. The number of nitrogens with one attached hydrogen (secondary N) is 2. The molecule has 1 spiro atoms. The molecule has 8 nitrogen and oxygen atoms in total. The number of nitrogens with zero attached hydrogens (tertiary/aromatic N) is 1. The van der Waals surface area contributed by atoms with E-state index in [1.807, 2.05) is 69.3 Å². The molecule has 3 N–H and O–H groups in total. The summed E-state index contributed by atoms with van der Waals surface area (Å²) in [5.74, 6) is -2.26. The Balaban J connectivity index is 1.46. The van der Waals surface area contributed by atoms with Crippen molar-refractivity contribution in [1.82, 2.24) is 10.2 Å². The highest BCUT2D eigenvalue weighted by molar-refractivity contribution is 6.04. The fourth-order valence-corrected chi connectivity index (χ4v) is 6.71. The molecule has 2 aromatic carbocycles. The number of anilines is 1. The van der Waals surface area contributed by atoms with Crippen molar-refractivity contribution in [3.63, 3.8) is 0 Å². The standard InChI is InChI=1S/C29H35N3O5/c1-18-9-7-10-19(2)23(18)31-26(35)24-29-14-13-28(3,37-29)21(22(29)27(36)32(24)15-8-16-33)25(34)30-17-20-11-5-4-6-12-20/h4-7,9-12,21-22,24,33H,8,13-17H2,1-3H3,(H,30,34)(H,31,35)/t21-,22+,24?,28+,29?/m1/s1. The molecule has 5 atom stereocenters. The van der Waals surface area contributed by atoms with Crippen LogP contribution in [0, 0.1) is 25.7 Å². The molecule has 2 bridgehead atoms. The molecule has 8 heteroatoms. The number of benzene rings is 2. The van der Waals surface area contributed by atoms with Crippen molar-refractivity contribution in [3.8, 4) is 0 Å². The largest absolute Gasteiger partial charge is 0.396 e. The van der Waals surface area contributed by atoms with Crippen LogP contribution in [0.4, 0.5) is 5.69 Å². The van der Waals surface area contributed by atoms with Gasteiger partial charge in [-0.25, -0.2) is 0 Å². The monoisotopic (exact) mass is 505 g/mol. The van der Waals surface area contributed by atoms with Crippen LogP contribution in [-0.4, -0.2) is 58.1 Å². The maximum atomic E-state index is 13.9. The lowest BCUT2D eigenvalue weighted by atomic mass is 9.66. The summed E-state index contributed by atoms with van der Waals surface area (Å²) in [6.07, 6.45) is 1.44. The van der Waals surface area contributed by atoms with Crippen LogP contribution < -0.4 is 10.6 Å². The molecule has 0 radical (unpaired) electrons. The van der Waals surface area contributed by atoms with Crippen LogP contribution in [0.3, 0.4) is 0 Å². The van der Waals surface area contributed by atoms with Gasteiger partial charge in [-0.3, -0.25) is 14.4 Å². The Hall–Kier alpha value is -3.23. The van der Waals surface area contributed by atoms with Gasteiger partial charge in [0, 0.05) is 25.4 Å². The first-order valence-corrected chi connectivity index (χ1v) is 13.0. The van der Waals surface area contributed by atoms with Crippen LogP contribution in [-0.2, 0) is 25.7 Å². The second-order valence-electron chi connectivity index (χ2n) is 10.8. The van der Waals surface area contributed by atoms with Crippen LogP contribution in [0.15, 0.2) is 48.5 Å². The third-order valence-electron chi connectivity index (χ3n) is 8.40. The first-order valence-electron chi connectivity index (χ1n) is 13.0. The Morgan fingerprint density at radius 3 is 2.43 bits per heavy atom. The van der Waals surface area contributed by atoms with Crippen LogP contribution in [0.25, 0.3) is 0 Å². The molecular weight excluding hydrogens is 470 g/mol. The molecule has 196 valence electrons. The number of carbonyl (C=O) groups excluding carboxylic acids is 3. The molecule has 2 unspecified atom stereocenters. The predicted octanol–water partition coefficient (Wildman–Crippen LogP) is 2.71. The van der Waals surface area contributed by atoms with E-state index < -0.39 is 29.1 Å². The number of hydrogen-bond donors (Lipinski definition) is 3. The van der Waals surface area contributed by atoms with Gasteiger partial charge >= 0.3 is 0 Å². The number of aryl methyl sites for hydroxylation is 2. The quantitative estimate of drug-likeness (QED) is 0.511. The van der Waals surface area contributed by atoms with Crippen LogP contribution in [0.1, 0.15) is 42.9 Å². The minimum Gasteiger partial charge on any atom is -0.396 e. The summed E-state index contributed by atoms with van der Waals surface area (Å²) < 4.78 is 6.62. The van der Waals surface area contributed by atoms with Gasteiger partial charge in [0.25, 0.3) is 0 Å². The molecule has 0 aromatic heterocycles. The second-order valence-corrected chi connectivity index (χ2v) is 10.8. The fourth-order valence-electron chi connectivity index (χ4n) is 6.71. The van der Waals surface area contributed by atoms with E-state index in [4.69, 9.17) is 4.74 Å². The molecule has 37 heavy (non-hydrogen) atoms. The Labute approximate surface area is 217 Å². The van der Waals surface area contributed by atoms with Gasteiger partial charge < -0.3 is 25.4 Å². The van der Waals surface area contributed by atoms with Gasteiger partial charge in [-0.1, -0.05) is 48.5 Å². The van der Waals surface area contributed by atoms with E-state index in [2.05, 4.69) is 10.6 Å². The van der Waals surface area contributed by atoms with E-state index in [-0.39, 0.29) is 30.9 Å². The molecule has 5 rings (SSSR count). The molecule has 0 aliphatic carbocycles. The first-order chi connectivity index (χ1) is 17.7. The Morgan fingerprint density at radius 2 is 1.76 bits per heavy atom. The second kappa shape index (κ2) is 9.58. The summed E-state index contributed by atoms with van der Waals surface area (Å²) in [4.78, 5) is 42.9. The molecule has 2 aromatic rings. The number of rotatable bonds is 8. The zero-order chi connectivity index (χ0) is 26.4. The first kappa shape index (κ1) is 25.4. The van der Waals surface area contributed by atoms with Gasteiger partial charge in [0.15, 0.2) is 0 Å². The maximum Gasteiger partial charge on any atom is 0.250 e. The summed E-state index contributed by atoms with van der Waals surface area (Å²) >= 11 is 0. The fraction of sp³-hybridized carbons (Fsp3) is 0.483. The van der Waals surface area contributed by atoms with Crippen molar-refractivity contribution in [2.45, 2.75) is 63.8 Å². The molecular formula is C29H35N3O5. The highest BCUT2D eigenvalue weighted by Gasteiger charge is 2.77. The van der Waals surface area contributed by atoms with Crippen LogP contribution in [0.5, 0.6) is 0 Å². The van der Waals surface area contributed by atoms with Crippen LogP contribution in [0.2, 0.25) is 0 Å². The van der Waals surface area contributed by atoms with Crippen molar-refractivity contribution in [2.24, 2.45) is 11.8 Å². The zero-order valence-electron chi connectivity index (χ0n) is 21.6. The molecule has 0 saturated carbocycles. The van der Waals surface area contributed by atoms with E-state index in [0.29, 0.717) is 25.8 Å². The number of aliphatic hydroxyl groups excluding tert-OH is 1. The molecule has 3 fully saturated rings. The predicted molar refractivity (Wildman–Crippen MR) is 138 cm³/mol. The summed E-state index contributed by atoms with van der Waals surface area (Å²) in [5, 5.41) is 15.6. The highest BCUT2D eigenvalue weighted by Crippen LogP contribution is 2.63. The number of likely N-dealkylation sites (tertiary alicyclic amines) is 1. The van der Waals surface area contributed by atoms with E-state index in [0.717, 1.165) is 22.4 Å². The summed E-state index contributed by atoms with van der Waals surface area (Å²) in [7, 11) is 0. The van der Waals surface area contributed by atoms with Gasteiger partial charge in [0.1, 0.15) is 11.6 Å². The maximum absolute atomic E-state index is 13.9. The van der Waals surface area contributed by atoms with E-state index >= 15 is 0 Å². The molecule has 3 amide bonds. The number of para-hydroxylation sites is 1. The number of amides is 3. The summed E-state index contributed by atoms with van der Waals surface area (Å²) in [6.45, 7) is 6.21. The van der Waals surface area contributed by atoms with E-state index in [1.54, 1.807) is 0 Å². The van der Waals surface area contributed by atoms with E-state index in [1.165, 1.54) is 4.90 Å². The van der Waals surface area contributed by atoms with Crippen molar-refractivity contribution >= 4 is 23.4 Å². The normalized spacial score (nSPS) is 29.9. The summed E-state index contributed by atoms with van der Waals surface area (Å²) in [5.41, 5.74) is 1.62. The zero-order valence-corrected chi connectivity index (χ0v) is 21.6. The van der Waals surface area contributed by atoms with Gasteiger partial charge in [-0.05, 0) is 56.7 Å². The molecule has 3 aliphatic rings. The Kier molecular flexibility index (Phi) is 6.58. The number of ether oxygens (including phenoxy) is 1. The minimum atomic E-state index is -1.09. The SMILES string of the molecule is Cc1cccc(C)c1NC(=O)C1N(CCCO)C(=O)[C@@H]2[C@H](C(=O)NCc3ccccc3)[C@]3(C)CCC12O3. The van der Waals surface area contributed by atoms with Gasteiger partial charge in [-0.2, -0.15) is 0 Å². The average Bonchev–Trinajstić information content (AvgIpc) is 3.44. The number of hydrogen-bond acceptors (Lipinski definition) is 5. The van der Waals surface area contributed by atoms with E-state index in [9.17, 15) is 19.5 Å². The number of aliphatic hydroxyl groups is 1. The van der Waals surface area contributed by atoms with Crippen molar-refractivity contribution < 1.29 is 24.2 Å². The lowest BCUT2D eigenvalue weighted by molar-refractivity contribution is -0.144. The Bertz CT molecular complexity index is 1200. The third-order valence-corrected chi connectivity index (χ3v) is 8.40. The number of carbonyl (C=O) groups is 3. The minimum absolute atomic E-state index is 0.105.